The van der Waals surface area contributed by atoms with Crippen LogP contribution < -0.4 is 5.32 Å². The average molecular weight is 318 g/mol. The van der Waals surface area contributed by atoms with Crippen LogP contribution in [0.2, 0.25) is 0 Å². The molecule has 0 amide bonds. The van der Waals surface area contributed by atoms with Gasteiger partial charge in [0.2, 0.25) is 0 Å². The first-order valence-corrected chi connectivity index (χ1v) is 7.16. The average Bonchev–Trinajstić information content (AvgIpc) is 2.84. The van der Waals surface area contributed by atoms with E-state index in [0.717, 1.165) is 18.7 Å². The van der Waals surface area contributed by atoms with Crippen molar-refractivity contribution < 1.29 is 17.6 Å². The Morgan fingerprint density at radius 2 is 2.00 bits per heavy atom. The first kappa shape index (κ1) is 15.8. The lowest BCUT2D eigenvalue weighted by molar-refractivity contribution is -0.139. The van der Waals surface area contributed by atoms with Gasteiger partial charge < -0.3 is 5.32 Å². The van der Waals surface area contributed by atoms with E-state index < -0.39 is 17.6 Å². The highest BCUT2D eigenvalue weighted by Crippen LogP contribution is 2.36. The van der Waals surface area contributed by atoms with E-state index in [4.69, 9.17) is 0 Å². The fraction of sp³-hybridized carbons (Fsp3) is 0.357. The molecular formula is C14H14F4N2S. The number of nitrogens with zero attached hydrogens (tertiary/aromatic N) is 1. The molecule has 0 saturated heterocycles. The van der Waals surface area contributed by atoms with Crippen molar-refractivity contribution in [3.05, 3.63) is 35.8 Å². The van der Waals surface area contributed by atoms with Gasteiger partial charge in [-0.25, -0.2) is 9.37 Å². The molecule has 1 aromatic heterocycles. The molecule has 0 atom stereocenters. The molecule has 0 unspecified atom stereocenters. The molecule has 7 heteroatoms. The summed E-state index contributed by atoms with van der Waals surface area (Å²) in [6, 6.07) is 2.97. The summed E-state index contributed by atoms with van der Waals surface area (Å²) >= 11 is 1.24. The molecule has 0 aliphatic heterocycles. The summed E-state index contributed by atoms with van der Waals surface area (Å²) in [5.74, 6) is -0.839. The molecule has 2 aromatic rings. The maximum Gasteiger partial charge on any atom is 0.419 e. The molecule has 1 aromatic carbocycles. The van der Waals surface area contributed by atoms with E-state index in [9.17, 15) is 17.6 Å². The summed E-state index contributed by atoms with van der Waals surface area (Å²) in [7, 11) is 0. The molecule has 0 aliphatic carbocycles. The summed E-state index contributed by atoms with van der Waals surface area (Å²) in [6.07, 6.45) is -3.22. The van der Waals surface area contributed by atoms with E-state index in [1.54, 1.807) is 0 Å². The zero-order chi connectivity index (χ0) is 15.6. The van der Waals surface area contributed by atoms with Crippen LogP contribution in [-0.2, 0) is 6.18 Å². The summed E-state index contributed by atoms with van der Waals surface area (Å²) in [5, 5.41) is 3.74. The second-order valence-electron chi connectivity index (χ2n) is 5.00. The Labute approximate surface area is 123 Å². The minimum absolute atomic E-state index is 0.304. The molecule has 114 valence electrons. The van der Waals surface area contributed by atoms with E-state index in [-0.39, 0.29) is 0 Å². The Bertz CT molecular complexity index is 620. The zero-order valence-electron chi connectivity index (χ0n) is 11.5. The highest BCUT2D eigenvalue weighted by molar-refractivity contribution is 7.18. The van der Waals surface area contributed by atoms with Gasteiger partial charge in [0.25, 0.3) is 0 Å². The molecule has 2 nitrogen and oxygen atoms in total. The van der Waals surface area contributed by atoms with Gasteiger partial charge in [0.05, 0.1) is 10.4 Å². The van der Waals surface area contributed by atoms with Gasteiger partial charge in [-0.15, -0.1) is 0 Å². The third-order valence-corrected chi connectivity index (χ3v) is 3.73. The Kier molecular flexibility index (Phi) is 4.51. The van der Waals surface area contributed by atoms with Crippen LogP contribution in [-0.4, -0.2) is 11.5 Å². The standard InChI is InChI=1S/C14H14F4N2S/c1-8(2)6-19-13-20-7-12(21-13)9-3-4-11(15)10(5-9)14(16,17)18/h3-5,7-8H,6H2,1-2H3,(H,19,20). The fourth-order valence-electron chi connectivity index (χ4n) is 1.68. The van der Waals surface area contributed by atoms with E-state index in [1.807, 2.05) is 13.8 Å². The Morgan fingerprint density at radius 3 is 2.62 bits per heavy atom. The zero-order valence-corrected chi connectivity index (χ0v) is 12.3. The molecule has 0 aliphatic rings. The molecule has 0 radical (unpaired) electrons. The van der Waals surface area contributed by atoms with E-state index in [0.29, 0.717) is 21.5 Å². The molecule has 0 spiro atoms. The van der Waals surface area contributed by atoms with Gasteiger partial charge in [0.1, 0.15) is 5.82 Å². The van der Waals surface area contributed by atoms with Crippen molar-refractivity contribution in [3.63, 3.8) is 0 Å². The SMILES string of the molecule is CC(C)CNc1ncc(-c2ccc(F)c(C(F)(F)F)c2)s1. The number of benzene rings is 1. The summed E-state index contributed by atoms with van der Waals surface area (Å²) < 4.78 is 51.3. The number of nitrogens with one attached hydrogen (secondary N) is 1. The normalized spacial score (nSPS) is 12.0. The number of alkyl halides is 3. The summed E-state index contributed by atoms with van der Waals surface area (Å²) in [6.45, 7) is 4.80. The molecular weight excluding hydrogens is 304 g/mol. The van der Waals surface area contributed by atoms with E-state index >= 15 is 0 Å². The smallest absolute Gasteiger partial charge is 0.361 e. The highest BCUT2D eigenvalue weighted by Gasteiger charge is 2.34. The number of hydrogen-bond donors (Lipinski definition) is 1. The molecule has 2 rings (SSSR count). The van der Waals surface area contributed by atoms with Gasteiger partial charge in [0, 0.05) is 12.7 Å². The van der Waals surface area contributed by atoms with Gasteiger partial charge in [-0.05, 0) is 23.6 Å². The first-order valence-electron chi connectivity index (χ1n) is 6.34. The topological polar surface area (TPSA) is 24.9 Å². The number of anilines is 1. The van der Waals surface area contributed by atoms with E-state index in [2.05, 4.69) is 10.3 Å². The third kappa shape index (κ3) is 3.93. The van der Waals surface area contributed by atoms with Crippen molar-refractivity contribution in [2.45, 2.75) is 20.0 Å². The minimum atomic E-state index is -4.70. The second-order valence-corrected chi connectivity index (χ2v) is 6.03. The predicted molar refractivity (Wildman–Crippen MR) is 75.8 cm³/mol. The highest BCUT2D eigenvalue weighted by atomic mass is 32.1. The van der Waals surface area contributed by atoms with Gasteiger partial charge in [-0.2, -0.15) is 13.2 Å². The fourth-order valence-corrected chi connectivity index (χ4v) is 2.50. The molecule has 21 heavy (non-hydrogen) atoms. The van der Waals surface area contributed by atoms with Gasteiger partial charge in [-0.3, -0.25) is 0 Å². The van der Waals surface area contributed by atoms with Crippen molar-refractivity contribution in [2.75, 3.05) is 11.9 Å². The lowest BCUT2D eigenvalue weighted by Crippen LogP contribution is -2.08. The summed E-state index contributed by atoms with van der Waals surface area (Å²) in [5.41, 5.74) is -0.955. The van der Waals surface area contributed by atoms with Crippen molar-refractivity contribution >= 4 is 16.5 Å². The van der Waals surface area contributed by atoms with Crippen LogP contribution in [0, 0.1) is 11.7 Å². The Balaban J connectivity index is 2.26. The van der Waals surface area contributed by atoms with Crippen molar-refractivity contribution in [1.82, 2.24) is 4.98 Å². The first-order chi connectivity index (χ1) is 9.77. The Hall–Kier alpha value is -1.63. The predicted octanol–water partition coefficient (Wildman–Crippen LogP) is 5.04. The molecule has 0 bridgehead atoms. The minimum Gasteiger partial charge on any atom is -0.361 e. The van der Waals surface area contributed by atoms with Crippen LogP contribution in [0.5, 0.6) is 0 Å². The van der Waals surface area contributed by atoms with Crippen LogP contribution in [0.3, 0.4) is 0 Å². The Morgan fingerprint density at radius 1 is 1.29 bits per heavy atom. The van der Waals surface area contributed by atoms with Crippen LogP contribution in [0.4, 0.5) is 22.7 Å². The molecule has 1 N–H and O–H groups in total. The van der Waals surface area contributed by atoms with Crippen LogP contribution in [0.1, 0.15) is 19.4 Å². The molecule has 1 heterocycles. The second kappa shape index (κ2) is 6.01. The quantitative estimate of drug-likeness (QED) is 0.799. The van der Waals surface area contributed by atoms with Crippen molar-refractivity contribution in [2.24, 2.45) is 5.92 Å². The largest absolute Gasteiger partial charge is 0.419 e. The number of rotatable bonds is 4. The molecule has 0 saturated carbocycles. The van der Waals surface area contributed by atoms with Gasteiger partial charge >= 0.3 is 6.18 Å². The summed E-state index contributed by atoms with van der Waals surface area (Å²) in [4.78, 5) is 4.67. The van der Waals surface area contributed by atoms with Crippen LogP contribution >= 0.6 is 11.3 Å². The van der Waals surface area contributed by atoms with Crippen LogP contribution in [0.25, 0.3) is 10.4 Å². The number of aromatic nitrogens is 1. The van der Waals surface area contributed by atoms with Crippen molar-refractivity contribution in [3.8, 4) is 10.4 Å². The lowest BCUT2D eigenvalue weighted by Gasteiger charge is -2.09. The van der Waals surface area contributed by atoms with Crippen LogP contribution in [0.15, 0.2) is 24.4 Å². The maximum atomic E-state index is 13.3. The monoisotopic (exact) mass is 318 g/mol. The third-order valence-electron chi connectivity index (χ3n) is 2.72. The number of halogens is 4. The van der Waals surface area contributed by atoms with Crippen molar-refractivity contribution in [1.29, 1.82) is 0 Å². The molecule has 0 fully saturated rings. The number of hydrogen-bond acceptors (Lipinski definition) is 3. The maximum absolute atomic E-state index is 13.3. The lowest BCUT2D eigenvalue weighted by atomic mass is 10.1. The van der Waals surface area contributed by atoms with E-state index in [1.165, 1.54) is 23.6 Å². The van der Waals surface area contributed by atoms with Gasteiger partial charge in [0.15, 0.2) is 5.13 Å². The number of thiazole rings is 1. The van der Waals surface area contributed by atoms with Gasteiger partial charge in [-0.1, -0.05) is 31.3 Å².